The molecule has 0 amide bonds. The van der Waals surface area contributed by atoms with Gasteiger partial charge in [-0.25, -0.2) is 4.68 Å². The highest BCUT2D eigenvalue weighted by molar-refractivity contribution is 9.09. The largest absolute Gasteiger partial charge is 0.249 e. The van der Waals surface area contributed by atoms with Gasteiger partial charge >= 0.3 is 0 Å². The molecule has 0 bridgehead atoms. The number of hydrogen-bond donors (Lipinski definition) is 0. The maximum atomic E-state index is 4.20. The van der Waals surface area contributed by atoms with Crippen molar-refractivity contribution >= 4 is 15.9 Å². The first-order valence-electron chi connectivity index (χ1n) is 5.37. The van der Waals surface area contributed by atoms with E-state index in [9.17, 15) is 0 Å². The lowest BCUT2D eigenvalue weighted by atomic mass is 10.2. The minimum Gasteiger partial charge on any atom is -0.249 e. The third kappa shape index (κ3) is 2.00. The number of aromatic nitrogens is 3. The third-order valence-corrected chi connectivity index (χ3v) is 4.02. The van der Waals surface area contributed by atoms with E-state index in [4.69, 9.17) is 0 Å². The Bertz CT molecular complexity index is 291. The molecule has 1 unspecified atom stereocenters. The van der Waals surface area contributed by atoms with Crippen LogP contribution in [0.5, 0.6) is 0 Å². The first-order chi connectivity index (χ1) is 6.81. The van der Waals surface area contributed by atoms with Crippen LogP contribution in [0, 0.1) is 0 Å². The van der Waals surface area contributed by atoms with Gasteiger partial charge in [-0.2, -0.15) is 0 Å². The van der Waals surface area contributed by atoms with Crippen molar-refractivity contribution in [2.45, 2.75) is 49.9 Å². The van der Waals surface area contributed by atoms with Crippen LogP contribution in [-0.2, 0) is 0 Å². The fourth-order valence-corrected chi connectivity index (χ4v) is 2.20. The molecular weight excluding hydrogens is 242 g/mol. The molecule has 1 fully saturated rings. The zero-order chi connectivity index (χ0) is 9.97. The molecule has 1 aromatic heterocycles. The molecule has 78 valence electrons. The molecule has 0 saturated heterocycles. The molecule has 0 N–H and O–H groups in total. The van der Waals surface area contributed by atoms with Gasteiger partial charge in [0.2, 0.25) is 0 Å². The average Bonchev–Trinajstić information content (AvgIpc) is 2.86. The molecule has 1 saturated carbocycles. The summed E-state index contributed by atoms with van der Waals surface area (Å²) in [5, 5.41) is 8.40. The molecule has 4 heteroatoms. The summed E-state index contributed by atoms with van der Waals surface area (Å²) in [5.74, 6) is 0. The quantitative estimate of drug-likeness (QED) is 0.779. The van der Waals surface area contributed by atoms with Gasteiger partial charge in [0, 0.05) is 6.20 Å². The van der Waals surface area contributed by atoms with Crippen molar-refractivity contribution in [3.8, 4) is 0 Å². The van der Waals surface area contributed by atoms with Gasteiger partial charge in [0.15, 0.2) is 0 Å². The van der Waals surface area contributed by atoms with E-state index < -0.39 is 0 Å². The molecule has 1 aliphatic rings. The number of halogens is 1. The Kier molecular flexibility index (Phi) is 3.21. The summed E-state index contributed by atoms with van der Waals surface area (Å²) < 4.78 is 2.05. The minimum atomic E-state index is 0.359. The standard InChI is InChI=1S/C10H16BrN3/c1-2-9(11)10-7-14(13-12-10)8-5-3-4-6-8/h7-9H,2-6H2,1H3. The topological polar surface area (TPSA) is 30.7 Å². The first kappa shape index (κ1) is 10.1. The number of nitrogens with zero attached hydrogens (tertiary/aromatic N) is 3. The summed E-state index contributed by atoms with van der Waals surface area (Å²) in [6.07, 6.45) is 8.36. The Balaban J connectivity index is 2.08. The maximum Gasteiger partial charge on any atom is 0.0963 e. The van der Waals surface area contributed by atoms with Crippen LogP contribution < -0.4 is 0 Å². The van der Waals surface area contributed by atoms with Gasteiger partial charge in [-0.05, 0) is 19.3 Å². The summed E-state index contributed by atoms with van der Waals surface area (Å²) in [6, 6.07) is 0.604. The maximum absolute atomic E-state index is 4.20. The van der Waals surface area contributed by atoms with Gasteiger partial charge < -0.3 is 0 Å². The van der Waals surface area contributed by atoms with Crippen molar-refractivity contribution in [2.75, 3.05) is 0 Å². The van der Waals surface area contributed by atoms with E-state index in [2.05, 4.69) is 39.4 Å². The average molecular weight is 258 g/mol. The molecule has 0 spiro atoms. The fourth-order valence-electron chi connectivity index (χ4n) is 1.99. The van der Waals surface area contributed by atoms with E-state index in [0.29, 0.717) is 10.9 Å². The second-order valence-electron chi connectivity index (χ2n) is 3.94. The van der Waals surface area contributed by atoms with Crippen LogP contribution in [0.15, 0.2) is 6.20 Å². The molecule has 1 aliphatic carbocycles. The van der Waals surface area contributed by atoms with E-state index >= 15 is 0 Å². The highest BCUT2D eigenvalue weighted by Crippen LogP contribution is 2.30. The molecule has 3 nitrogen and oxygen atoms in total. The lowest BCUT2D eigenvalue weighted by molar-refractivity contribution is 0.454. The van der Waals surface area contributed by atoms with Crippen molar-refractivity contribution in [1.29, 1.82) is 0 Å². The highest BCUT2D eigenvalue weighted by atomic mass is 79.9. The van der Waals surface area contributed by atoms with Crippen LogP contribution >= 0.6 is 15.9 Å². The second kappa shape index (κ2) is 4.43. The van der Waals surface area contributed by atoms with Crippen molar-refractivity contribution < 1.29 is 0 Å². The molecule has 0 aliphatic heterocycles. The van der Waals surface area contributed by atoms with Crippen LogP contribution in [-0.4, -0.2) is 15.0 Å². The van der Waals surface area contributed by atoms with E-state index in [-0.39, 0.29) is 0 Å². The molecule has 14 heavy (non-hydrogen) atoms. The smallest absolute Gasteiger partial charge is 0.0963 e. The molecular formula is C10H16BrN3. The van der Waals surface area contributed by atoms with Crippen molar-refractivity contribution in [1.82, 2.24) is 15.0 Å². The molecule has 1 aromatic rings. The van der Waals surface area contributed by atoms with Gasteiger partial charge in [0.25, 0.3) is 0 Å². The fraction of sp³-hybridized carbons (Fsp3) is 0.800. The Hall–Kier alpha value is -0.380. The summed E-state index contributed by atoms with van der Waals surface area (Å²) >= 11 is 3.59. The second-order valence-corrected chi connectivity index (χ2v) is 5.04. The van der Waals surface area contributed by atoms with E-state index in [0.717, 1.165) is 12.1 Å². The van der Waals surface area contributed by atoms with Crippen LogP contribution in [0.2, 0.25) is 0 Å². The van der Waals surface area contributed by atoms with Gasteiger partial charge in [-0.3, -0.25) is 0 Å². The van der Waals surface area contributed by atoms with Crippen LogP contribution in [0.4, 0.5) is 0 Å². The number of hydrogen-bond acceptors (Lipinski definition) is 2. The Morgan fingerprint density at radius 3 is 2.93 bits per heavy atom. The molecule has 0 aromatic carbocycles. The SMILES string of the molecule is CCC(Br)c1cn(C2CCCC2)nn1. The van der Waals surface area contributed by atoms with E-state index in [1.165, 1.54) is 25.7 Å². The molecule has 1 atom stereocenters. The Labute approximate surface area is 93.0 Å². The summed E-state index contributed by atoms with van der Waals surface area (Å²) in [5.41, 5.74) is 1.07. The van der Waals surface area contributed by atoms with Crippen LogP contribution in [0.3, 0.4) is 0 Å². The Morgan fingerprint density at radius 1 is 1.57 bits per heavy atom. The van der Waals surface area contributed by atoms with Crippen LogP contribution in [0.25, 0.3) is 0 Å². The number of rotatable bonds is 3. The summed E-state index contributed by atoms with van der Waals surface area (Å²) in [7, 11) is 0. The lowest BCUT2D eigenvalue weighted by Gasteiger charge is -2.07. The van der Waals surface area contributed by atoms with Crippen LogP contribution in [0.1, 0.15) is 55.6 Å². The van der Waals surface area contributed by atoms with Crippen molar-refractivity contribution in [3.63, 3.8) is 0 Å². The van der Waals surface area contributed by atoms with Gasteiger partial charge in [0.05, 0.1) is 16.6 Å². The van der Waals surface area contributed by atoms with Gasteiger partial charge in [0.1, 0.15) is 0 Å². The predicted octanol–water partition coefficient (Wildman–Crippen LogP) is 3.24. The zero-order valence-corrected chi connectivity index (χ0v) is 10.1. The number of alkyl halides is 1. The molecule has 1 heterocycles. The molecule has 0 radical (unpaired) electrons. The summed E-state index contributed by atoms with van der Waals surface area (Å²) in [4.78, 5) is 0.359. The third-order valence-electron chi connectivity index (χ3n) is 2.91. The Morgan fingerprint density at radius 2 is 2.29 bits per heavy atom. The predicted molar refractivity (Wildman–Crippen MR) is 59.5 cm³/mol. The van der Waals surface area contributed by atoms with Gasteiger partial charge in [-0.1, -0.05) is 40.9 Å². The monoisotopic (exact) mass is 257 g/mol. The highest BCUT2D eigenvalue weighted by Gasteiger charge is 2.19. The van der Waals surface area contributed by atoms with E-state index in [1.807, 2.05) is 4.68 Å². The van der Waals surface area contributed by atoms with Crippen molar-refractivity contribution in [2.24, 2.45) is 0 Å². The van der Waals surface area contributed by atoms with E-state index in [1.54, 1.807) is 0 Å². The minimum absolute atomic E-state index is 0.359. The normalized spacial score (nSPS) is 20.1. The van der Waals surface area contributed by atoms with Gasteiger partial charge in [-0.15, -0.1) is 5.10 Å². The van der Waals surface area contributed by atoms with Crippen molar-refractivity contribution in [3.05, 3.63) is 11.9 Å². The molecule has 2 rings (SSSR count). The summed E-state index contributed by atoms with van der Waals surface area (Å²) in [6.45, 7) is 2.15. The zero-order valence-electron chi connectivity index (χ0n) is 8.49. The lowest BCUT2D eigenvalue weighted by Crippen LogP contribution is -2.04. The first-order valence-corrected chi connectivity index (χ1v) is 6.28.